The molecule has 0 saturated heterocycles. The zero-order valence-corrected chi connectivity index (χ0v) is 12.3. The van der Waals surface area contributed by atoms with Crippen molar-refractivity contribution >= 4 is 11.8 Å². The summed E-state index contributed by atoms with van der Waals surface area (Å²) in [7, 11) is 2.19. The second-order valence-electron chi connectivity index (χ2n) is 5.24. The Labute approximate surface area is 115 Å². The fourth-order valence-corrected chi connectivity index (χ4v) is 3.44. The number of rotatable bonds is 5. The number of nitrogens with two attached hydrogens (primary N) is 1. The molecule has 0 aromatic heterocycles. The summed E-state index contributed by atoms with van der Waals surface area (Å²) in [5.41, 5.74) is 8.60. The molecular formula is C15H24N2S. The van der Waals surface area contributed by atoms with Gasteiger partial charge in [-0.15, -0.1) is 11.8 Å². The van der Waals surface area contributed by atoms with Gasteiger partial charge >= 0.3 is 0 Å². The number of fused-ring (bicyclic) bond motifs is 1. The molecule has 2 N–H and O–H groups in total. The van der Waals surface area contributed by atoms with Crippen LogP contribution in [-0.4, -0.2) is 30.3 Å². The average Bonchev–Trinajstić information content (AvgIpc) is 2.39. The molecule has 3 heteroatoms. The lowest BCUT2D eigenvalue weighted by molar-refractivity contribution is 0.240. The molecule has 0 radical (unpaired) electrons. The van der Waals surface area contributed by atoms with Crippen molar-refractivity contribution in [2.24, 2.45) is 5.73 Å². The van der Waals surface area contributed by atoms with Crippen LogP contribution >= 0.6 is 11.8 Å². The fraction of sp³-hybridized carbons (Fsp3) is 0.600. The van der Waals surface area contributed by atoms with E-state index < -0.39 is 0 Å². The molecule has 0 aliphatic carbocycles. The number of hydrogen-bond acceptors (Lipinski definition) is 3. The first-order valence-corrected chi connectivity index (χ1v) is 7.84. The normalized spacial score (nSPS) is 16.7. The third-order valence-electron chi connectivity index (χ3n) is 3.74. The Hall–Kier alpha value is -0.510. The van der Waals surface area contributed by atoms with Gasteiger partial charge in [0.05, 0.1) is 0 Å². The highest BCUT2D eigenvalue weighted by molar-refractivity contribution is 7.99. The predicted molar refractivity (Wildman–Crippen MR) is 80.1 cm³/mol. The largest absolute Gasteiger partial charge is 0.330 e. The SMILES string of the molecule is CC(CCN)N(C)Cc1ccc2c(c1)CCCS2. The maximum Gasteiger partial charge on any atom is 0.0233 e. The molecule has 1 aliphatic rings. The molecule has 0 fully saturated rings. The van der Waals surface area contributed by atoms with Crippen molar-refractivity contribution in [3.63, 3.8) is 0 Å². The molecule has 2 rings (SSSR count). The Morgan fingerprint density at radius 1 is 1.44 bits per heavy atom. The van der Waals surface area contributed by atoms with E-state index in [1.807, 2.05) is 11.8 Å². The van der Waals surface area contributed by atoms with Crippen LogP contribution in [0.1, 0.15) is 30.9 Å². The van der Waals surface area contributed by atoms with Gasteiger partial charge in [0.2, 0.25) is 0 Å². The molecule has 0 spiro atoms. The van der Waals surface area contributed by atoms with Crippen LogP contribution < -0.4 is 5.73 Å². The van der Waals surface area contributed by atoms with Gasteiger partial charge in [-0.25, -0.2) is 0 Å². The van der Waals surface area contributed by atoms with E-state index in [4.69, 9.17) is 5.73 Å². The number of aryl methyl sites for hydroxylation is 1. The molecule has 0 bridgehead atoms. The van der Waals surface area contributed by atoms with Crippen molar-refractivity contribution in [3.05, 3.63) is 29.3 Å². The summed E-state index contributed by atoms with van der Waals surface area (Å²) >= 11 is 2.00. The molecule has 1 aromatic rings. The smallest absolute Gasteiger partial charge is 0.0233 e. The van der Waals surface area contributed by atoms with Gasteiger partial charge in [-0.3, -0.25) is 4.90 Å². The zero-order valence-electron chi connectivity index (χ0n) is 11.5. The van der Waals surface area contributed by atoms with E-state index in [9.17, 15) is 0 Å². The van der Waals surface area contributed by atoms with E-state index in [1.54, 1.807) is 5.56 Å². The second-order valence-corrected chi connectivity index (χ2v) is 6.37. The first-order chi connectivity index (χ1) is 8.70. The molecule has 1 aromatic carbocycles. The van der Waals surface area contributed by atoms with Crippen LogP contribution in [0.2, 0.25) is 0 Å². The molecular weight excluding hydrogens is 240 g/mol. The van der Waals surface area contributed by atoms with Crippen molar-refractivity contribution in [1.82, 2.24) is 4.90 Å². The topological polar surface area (TPSA) is 29.3 Å². The van der Waals surface area contributed by atoms with Gasteiger partial charge in [0.1, 0.15) is 0 Å². The maximum absolute atomic E-state index is 5.62. The lowest BCUT2D eigenvalue weighted by Gasteiger charge is -2.25. The van der Waals surface area contributed by atoms with Crippen molar-refractivity contribution < 1.29 is 0 Å². The summed E-state index contributed by atoms with van der Waals surface area (Å²) in [5.74, 6) is 1.28. The Balaban J connectivity index is 2.01. The summed E-state index contributed by atoms with van der Waals surface area (Å²) in [6.45, 7) is 4.05. The number of thioether (sulfide) groups is 1. The summed E-state index contributed by atoms with van der Waals surface area (Å²) in [6.07, 6.45) is 3.63. The van der Waals surface area contributed by atoms with Gasteiger partial charge in [-0.1, -0.05) is 12.1 Å². The first kappa shape index (κ1) is 13.9. The zero-order chi connectivity index (χ0) is 13.0. The van der Waals surface area contributed by atoms with Crippen LogP contribution in [0.25, 0.3) is 0 Å². The van der Waals surface area contributed by atoms with Crippen LogP contribution in [-0.2, 0) is 13.0 Å². The summed E-state index contributed by atoms with van der Waals surface area (Å²) < 4.78 is 0. The van der Waals surface area contributed by atoms with Crippen LogP contribution in [0.4, 0.5) is 0 Å². The Bertz CT molecular complexity index is 392. The molecule has 2 nitrogen and oxygen atoms in total. The highest BCUT2D eigenvalue weighted by atomic mass is 32.2. The average molecular weight is 264 g/mol. The van der Waals surface area contributed by atoms with Crippen LogP contribution in [0.3, 0.4) is 0 Å². The van der Waals surface area contributed by atoms with Gasteiger partial charge in [0.15, 0.2) is 0 Å². The third kappa shape index (κ3) is 3.50. The number of hydrogen-bond donors (Lipinski definition) is 1. The van der Waals surface area contributed by atoms with E-state index in [-0.39, 0.29) is 0 Å². The number of nitrogens with zero attached hydrogens (tertiary/aromatic N) is 1. The van der Waals surface area contributed by atoms with Gasteiger partial charge < -0.3 is 5.73 Å². The Morgan fingerprint density at radius 2 is 2.28 bits per heavy atom. The van der Waals surface area contributed by atoms with Gasteiger partial charge in [0, 0.05) is 17.5 Å². The monoisotopic (exact) mass is 264 g/mol. The van der Waals surface area contributed by atoms with E-state index in [0.29, 0.717) is 6.04 Å². The minimum atomic E-state index is 0.556. The Morgan fingerprint density at radius 3 is 3.06 bits per heavy atom. The lowest BCUT2D eigenvalue weighted by atomic mass is 10.1. The van der Waals surface area contributed by atoms with E-state index in [2.05, 4.69) is 37.1 Å². The quantitative estimate of drug-likeness (QED) is 0.886. The van der Waals surface area contributed by atoms with Crippen molar-refractivity contribution in [2.45, 2.75) is 43.7 Å². The van der Waals surface area contributed by atoms with Gasteiger partial charge in [0.25, 0.3) is 0 Å². The van der Waals surface area contributed by atoms with Crippen molar-refractivity contribution in [3.8, 4) is 0 Å². The molecule has 1 unspecified atom stereocenters. The van der Waals surface area contributed by atoms with Gasteiger partial charge in [-0.2, -0.15) is 0 Å². The molecule has 1 aliphatic heterocycles. The standard InChI is InChI=1S/C15H24N2S/c1-12(7-8-16)17(2)11-13-5-6-15-14(10-13)4-3-9-18-15/h5-6,10,12H,3-4,7-9,11,16H2,1-2H3. The summed E-state index contributed by atoms with van der Waals surface area (Å²) in [4.78, 5) is 3.88. The number of benzene rings is 1. The highest BCUT2D eigenvalue weighted by Gasteiger charge is 2.12. The summed E-state index contributed by atoms with van der Waals surface area (Å²) in [5, 5.41) is 0. The third-order valence-corrected chi connectivity index (χ3v) is 4.94. The van der Waals surface area contributed by atoms with Crippen LogP contribution in [0.15, 0.2) is 23.1 Å². The van der Waals surface area contributed by atoms with Crippen molar-refractivity contribution in [2.75, 3.05) is 19.3 Å². The second kappa shape index (κ2) is 6.60. The highest BCUT2D eigenvalue weighted by Crippen LogP contribution is 2.30. The minimum Gasteiger partial charge on any atom is -0.330 e. The molecule has 100 valence electrons. The van der Waals surface area contributed by atoms with E-state index >= 15 is 0 Å². The van der Waals surface area contributed by atoms with Crippen LogP contribution in [0.5, 0.6) is 0 Å². The van der Waals surface area contributed by atoms with E-state index in [0.717, 1.165) is 19.5 Å². The molecule has 0 saturated carbocycles. The molecule has 1 heterocycles. The molecule has 1 atom stereocenters. The maximum atomic E-state index is 5.62. The van der Waals surface area contributed by atoms with Gasteiger partial charge in [-0.05, 0) is 62.7 Å². The minimum absolute atomic E-state index is 0.556. The lowest BCUT2D eigenvalue weighted by Crippen LogP contribution is -2.30. The predicted octanol–water partition coefficient (Wildman–Crippen LogP) is 2.89. The molecule has 0 amide bonds. The van der Waals surface area contributed by atoms with E-state index in [1.165, 1.54) is 29.1 Å². The summed E-state index contributed by atoms with van der Waals surface area (Å²) in [6, 6.07) is 7.53. The van der Waals surface area contributed by atoms with Crippen molar-refractivity contribution in [1.29, 1.82) is 0 Å². The Kier molecular flexibility index (Phi) is 5.10. The van der Waals surface area contributed by atoms with Crippen LogP contribution in [0, 0.1) is 0 Å². The molecule has 18 heavy (non-hydrogen) atoms. The first-order valence-electron chi connectivity index (χ1n) is 6.85. The fourth-order valence-electron chi connectivity index (χ4n) is 2.42.